The number of hydrogen-bond acceptors (Lipinski definition) is 3. The molecule has 2 aromatic rings. The number of phenols is 1. The van der Waals surface area contributed by atoms with Crippen molar-refractivity contribution in [1.29, 1.82) is 5.26 Å². The molecule has 0 aliphatic heterocycles. The Hall–Kier alpha value is -2.06. The number of phenolic OH excluding ortho intramolecular Hbond substituents is 1. The van der Waals surface area contributed by atoms with E-state index in [9.17, 15) is 9.90 Å². The Morgan fingerprint density at radius 2 is 2.11 bits per heavy atom. The van der Waals surface area contributed by atoms with E-state index in [1.54, 1.807) is 25.1 Å². The highest BCUT2D eigenvalue weighted by Gasteiger charge is 2.10. The summed E-state index contributed by atoms with van der Waals surface area (Å²) in [5, 5.41) is 18.6. The molecule has 0 aliphatic rings. The second kappa shape index (κ2) is 4.67. The van der Waals surface area contributed by atoms with Gasteiger partial charge in [0.25, 0.3) is 5.56 Å². The zero-order valence-electron chi connectivity index (χ0n) is 9.49. The normalized spacial score (nSPS) is 10.1. The molecule has 0 spiro atoms. The minimum Gasteiger partial charge on any atom is -0.507 e. The lowest BCUT2D eigenvalue weighted by Crippen LogP contribution is -2.12. The van der Waals surface area contributed by atoms with Crippen molar-refractivity contribution in [2.24, 2.45) is 0 Å². The maximum Gasteiger partial charge on any atom is 0.266 e. The van der Waals surface area contributed by atoms with Crippen molar-refractivity contribution < 1.29 is 5.11 Å². The average Bonchev–Trinajstić information content (AvgIpc) is 2.32. The van der Waals surface area contributed by atoms with Gasteiger partial charge in [0.1, 0.15) is 17.4 Å². The molecule has 1 aromatic heterocycles. The summed E-state index contributed by atoms with van der Waals surface area (Å²) >= 11 is 3.30. The van der Waals surface area contributed by atoms with Gasteiger partial charge in [0.05, 0.1) is 5.69 Å². The van der Waals surface area contributed by atoms with E-state index in [0.29, 0.717) is 16.8 Å². The minimum absolute atomic E-state index is 0.0676. The molecule has 0 radical (unpaired) electrons. The Bertz CT molecular complexity index is 714. The third kappa shape index (κ3) is 2.15. The molecule has 0 aliphatic carbocycles. The summed E-state index contributed by atoms with van der Waals surface area (Å²) in [7, 11) is 0. The van der Waals surface area contributed by atoms with Crippen LogP contribution in [0.4, 0.5) is 0 Å². The molecular formula is C13H9BrN2O2. The summed E-state index contributed by atoms with van der Waals surface area (Å²) in [6, 6.07) is 8.46. The highest BCUT2D eigenvalue weighted by Crippen LogP contribution is 2.30. The molecule has 2 N–H and O–H groups in total. The number of aromatic hydroxyl groups is 1. The number of nitrogens with one attached hydrogen (secondary N) is 1. The van der Waals surface area contributed by atoms with Crippen LogP contribution in [0.15, 0.2) is 33.5 Å². The Morgan fingerprint density at radius 3 is 2.72 bits per heavy atom. The van der Waals surface area contributed by atoms with Crippen molar-refractivity contribution in [3.05, 3.63) is 50.2 Å². The fourth-order valence-electron chi connectivity index (χ4n) is 1.70. The van der Waals surface area contributed by atoms with Crippen molar-refractivity contribution in [2.45, 2.75) is 6.92 Å². The van der Waals surface area contributed by atoms with Crippen molar-refractivity contribution >= 4 is 15.9 Å². The monoisotopic (exact) mass is 304 g/mol. The number of nitrogens with zero attached hydrogens (tertiary/aromatic N) is 1. The van der Waals surface area contributed by atoms with Crippen LogP contribution in [0, 0.1) is 18.3 Å². The maximum absolute atomic E-state index is 11.7. The van der Waals surface area contributed by atoms with Gasteiger partial charge in [-0.05, 0) is 36.8 Å². The van der Waals surface area contributed by atoms with Crippen LogP contribution >= 0.6 is 15.9 Å². The van der Waals surface area contributed by atoms with Gasteiger partial charge >= 0.3 is 0 Å². The van der Waals surface area contributed by atoms with Crippen LogP contribution < -0.4 is 5.56 Å². The first kappa shape index (κ1) is 12.4. The van der Waals surface area contributed by atoms with Crippen molar-refractivity contribution in [1.82, 2.24) is 4.98 Å². The second-order valence-electron chi connectivity index (χ2n) is 3.84. The fraction of sp³-hybridized carbons (Fsp3) is 0.0769. The molecule has 5 heteroatoms. The number of rotatable bonds is 1. The van der Waals surface area contributed by atoms with E-state index in [2.05, 4.69) is 20.9 Å². The summed E-state index contributed by atoms with van der Waals surface area (Å²) in [4.78, 5) is 14.3. The van der Waals surface area contributed by atoms with E-state index < -0.39 is 5.56 Å². The molecule has 0 bridgehead atoms. The number of halogens is 1. The van der Waals surface area contributed by atoms with Crippen LogP contribution in [-0.4, -0.2) is 10.1 Å². The van der Waals surface area contributed by atoms with Gasteiger partial charge in [0.15, 0.2) is 0 Å². The quantitative estimate of drug-likeness (QED) is 0.850. The van der Waals surface area contributed by atoms with Crippen molar-refractivity contribution in [3.8, 4) is 23.1 Å². The van der Waals surface area contributed by atoms with E-state index in [-0.39, 0.29) is 11.3 Å². The summed E-state index contributed by atoms with van der Waals surface area (Å²) in [6.45, 7) is 1.69. The Labute approximate surface area is 112 Å². The molecule has 0 unspecified atom stereocenters. The zero-order valence-corrected chi connectivity index (χ0v) is 11.1. The molecule has 0 saturated heterocycles. The third-order valence-corrected chi connectivity index (χ3v) is 3.08. The molecule has 1 heterocycles. The number of hydrogen-bond donors (Lipinski definition) is 2. The van der Waals surface area contributed by atoms with Gasteiger partial charge in [-0.15, -0.1) is 0 Å². The lowest BCUT2D eigenvalue weighted by Gasteiger charge is -2.07. The summed E-state index contributed by atoms with van der Waals surface area (Å²) in [5.41, 5.74) is 1.21. The Kier molecular flexibility index (Phi) is 3.21. The predicted octanol–water partition coefficient (Wildman–Crippen LogP) is 2.69. The van der Waals surface area contributed by atoms with Gasteiger partial charge in [-0.25, -0.2) is 0 Å². The van der Waals surface area contributed by atoms with Gasteiger partial charge in [-0.2, -0.15) is 5.26 Å². The number of aromatic nitrogens is 1. The fourth-order valence-corrected chi connectivity index (χ4v) is 2.06. The molecule has 0 atom stereocenters. The van der Waals surface area contributed by atoms with Crippen molar-refractivity contribution in [2.75, 3.05) is 0 Å². The third-order valence-electron chi connectivity index (χ3n) is 2.59. The first-order chi connectivity index (χ1) is 8.52. The van der Waals surface area contributed by atoms with Crippen molar-refractivity contribution in [3.63, 3.8) is 0 Å². The van der Waals surface area contributed by atoms with Crippen LogP contribution in [0.2, 0.25) is 0 Å². The number of benzene rings is 1. The number of aromatic amines is 1. The zero-order chi connectivity index (χ0) is 13.3. The van der Waals surface area contributed by atoms with E-state index in [1.807, 2.05) is 6.07 Å². The SMILES string of the molecule is Cc1cc(-c2cc(Br)ccc2O)[nH]c(=O)c1C#N. The lowest BCUT2D eigenvalue weighted by atomic mass is 10.1. The first-order valence-electron chi connectivity index (χ1n) is 5.16. The smallest absolute Gasteiger partial charge is 0.266 e. The van der Waals surface area contributed by atoms with Gasteiger partial charge in [0, 0.05) is 10.0 Å². The molecular weight excluding hydrogens is 296 g/mol. The lowest BCUT2D eigenvalue weighted by molar-refractivity contribution is 0.477. The molecule has 0 fully saturated rings. The van der Waals surface area contributed by atoms with Gasteiger partial charge < -0.3 is 10.1 Å². The molecule has 4 nitrogen and oxygen atoms in total. The predicted molar refractivity (Wildman–Crippen MR) is 71.3 cm³/mol. The molecule has 2 rings (SSSR count). The van der Waals surface area contributed by atoms with Gasteiger partial charge in [-0.3, -0.25) is 4.79 Å². The Balaban J connectivity index is 2.70. The number of pyridine rings is 1. The molecule has 18 heavy (non-hydrogen) atoms. The number of nitriles is 1. The van der Waals surface area contributed by atoms with E-state index in [0.717, 1.165) is 4.47 Å². The highest BCUT2D eigenvalue weighted by molar-refractivity contribution is 9.10. The van der Waals surface area contributed by atoms with Crippen LogP contribution in [0.25, 0.3) is 11.3 Å². The van der Waals surface area contributed by atoms with Crippen LogP contribution in [-0.2, 0) is 0 Å². The second-order valence-corrected chi connectivity index (χ2v) is 4.76. The molecule has 1 aromatic carbocycles. The van der Waals surface area contributed by atoms with Crippen LogP contribution in [0.1, 0.15) is 11.1 Å². The number of aryl methyl sites for hydroxylation is 1. The Morgan fingerprint density at radius 1 is 1.39 bits per heavy atom. The topological polar surface area (TPSA) is 76.9 Å². The average molecular weight is 305 g/mol. The van der Waals surface area contributed by atoms with Gasteiger partial charge in [-0.1, -0.05) is 15.9 Å². The van der Waals surface area contributed by atoms with Crippen LogP contribution in [0.3, 0.4) is 0 Å². The molecule has 0 amide bonds. The minimum atomic E-state index is -0.452. The largest absolute Gasteiger partial charge is 0.507 e. The number of H-pyrrole nitrogens is 1. The first-order valence-corrected chi connectivity index (χ1v) is 5.95. The van der Waals surface area contributed by atoms with E-state index in [1.165, 1.54) is 6.07 Å². The molecule has 0 saturated carbocycles. The van der Waals surface area contributed by atoms with E-state index >= 15 is 0 Å². The van der Waals surface area contributed by atoms with E-state index in [4.69, 9.17) is 5.26 Å². The van der Waals surface area contributed by atoms with Gasteiger partial charge in [0.2, 0.25) is 0 Å². The summed E-state index contributed by atoms with van der Waals surface area (Å²) in [5.74, 6) is 0.0676. The summed E-state index contributed by atoms with van der Waals surface area (Å²) in [6.07, 6.45) is 0. The van der Waals surface area contributed by atoms with Crippen LogP contribution in [0.5, 0.6) is 5.75 Å². The summed E-state index contributed by atoms with van der Waals surface area (Å²) < 4.78 is 0.790. The maximum atomic E-state index is 11.7. The molecule has 90 valence electrons. The standard InChI is InChI=1S/C13H9BrN2O2/c1-7-4-11(16-13(18)10(7)6-15)9-5-8(14)2-3-12(9)17/h2-5,17H,1H3,(H,16,18). The highest BCUT2D eigenvalue weighted by atomic mass is 79.9.